The number of aliphatic hydroxyl groups excluding tert-OH is 1. The summed E-state index contributed by atoms with van der Waals surface area (Å²) < 4.78 is 0. The van der Waals surface area contributed by atoms with E-state index in [0.29, 0.717) is 13.0 Å². The molecule has 160 valence electrons. The molecule has 0 spiro atoms. The van der Waals surface area contributed by atoms with Crippen molar-refractivity contribution < 1.29 is 14.7 Å². The third-order valence-corrected chi connectivity index (χ3v) is 6.64. The number of hydrogen-bond donors (Lipinski definition) is 2. The molecule has 1 aliphatic rings. The number of carbonyl (C=O) groups excluding carboxylic acids is 1. The van der Waals surface area contributed by atoms with Crippen molar-refractivity contribution in [1.29, 1.82) is 0 Å². The van der Waals surface area contributed by atoms with Gasteiger partial charge in [0.05, 0.1) is 11.6 Å². The Balaban J connectivity index is 2.94. The van der Waals surface area contributed by atoms with E-state index in [1.54, 1.807) is 0 Å². The maximum atomic E-state index is 12.8. The maximum Gasteiger partial charge on any atom is 0.253 e. The molecule has 0 bridgehead atoms. The van der Waals surface area contributed by atoms with Crippen LogP contribution < -0.4 is 5.32 Å². The Morgan fingerprint density at radius 1 is 1.30 bits per heavy atom. The lowest BCUT2D eigenvalue weighted by molar-refractivity contribution is -0.339. The van der Waals surface area contributed by atoms with E-state index in [4.69, 9.17) is 4.84 Å². The van der Waals surface area contributed by atoms with Crippen molar-refractivity contribution in [2.45, 2.75) is 97.4 Å². The largest absolute Gasteiger partial charge is 0.392 e. The van der Waals surface area contributed by atoms with Crippen LogP contribution in [0.5, 0.6) is 0 Å². The van der Waals surface area contributed by atoms with E-state index >= 15 is 0 Å². The molecular formula is C21H43N3O3. The highest BCUT2D eigenvalue weighted by atomic mass is 16.7. The SMILES string of the molecule is CCC1CC(O)C(C)(C)C(C)(CC)N1OC(C)(C)C(=O)NCCCN(C)C. The first-order valence-electron chi connectivity index (χ1n) is 10.4. The van der Waals surface area contributed by atoms with E-state index in [9.17, 15) is 9.90 Å². The Morgan fingerprint density at radius 3 is 2.37 bits per heavy atom. The molecule has 6 nitrogen and oxygen atoms in total. The second-order valence-electron chi connectivity index (χ2n) is 9.50. The first-order chi connectivity index (χ1) is 12.3. The van der Waals surface area contributed by atoms with Gasteiger partial charge in [-0.1, -0.05) is 27.7 Å². The van der Waals surface area contributed by atoms with Crippen molar-refractivity contribution >= 4 is 5.91 Å². The van der Waals surface area contributed by atoms with Gasteiger partial charge in [0.1, 0.15) is 0 Å². The Kier molecular flexibility index (Phi) is 8.30. The molecule has 3 atom stereocenters. The molecule has 27 heavy (non-hydrogen) atoms. The van der Waals surface area contributed by atoms with E-state index in [-0.39, 0.29) is 22.9 Å². The van der Waals surface area contributed by atoms with Crippen LogP contribution in [0.3, 0.4) is 0 Å². The van der Waals surface area contributed by atoms with Crippen molar-refractivity contribution in [1.82, 2.24) is 15.3 Å². The molecule has 0 aromatic heterocycles. The van der Waals surface area contributed by atoms with Gasteiger partial charge in [0.2, 0.25) is 0 Å². The summed E-state index contributed by atoms with van der Waals surface area (Å²) in [5, 5.41) is 15.8. The van der Waals surface area contributed by atoms with Crippen LogP contribution >= 0.6 is 0 Å². The van der Waals surface area contributed by atoms with Crippen LogP contribution in [0.2, 0.25) is 0 Å². The van der Waals surface area contributed by atoms with Gasteiger partial charge in [-0.25, -0.2) is 0 Å². The molecule has 3 unspecified atom stereocenters. The summed E-state index contributed by atoms with van der Waals surface area (Å²) in [6.07, 6.45) is 2.86. The molecule has 1 saturated heterocycles. The van der Waals surface area contributed by atoms with Crippen molar-refractivity contribution in [3.63, 3.8) is 0 Å². The topological polar surface area (TPSA) is 65.0 Å². The highest BCUT2D eigenvalue weighted by molar-refractivity contribution is 5.84. The highest BCUT2D eigenvalue weighted by Crippen LogP contribution is 2.49. The summed E-state index contributed by atoms with van der Waals surface area (Å²) in [5.74, 6) is -0.0986. The number of carbonyl (C=O) groups is 1. The maximum absolute atomic E-state index is 12.8. The van der Waals surface area contributed by atoms with Crippen LogP contribution in [-0.2, 0) is 9.63 Å². The molecule has 0 radical (unpaired) electrons. The Hall–Kier alpha value is -0.690. The van der Waals surface area contributed by atoms with Gasteiger partial charge in [0.25, 0.3) is 5.91 Å². The standard InChI is InChI=1S/C21H43N3O3/c1-10-16-15-17(25)19(3,4)21(7,11-2)24(16)27-20(5,6)18(26)22-13-12-14-23(8)9/h16-17,25H,10-15H2,1-9H3,(H,22,26). The van der Waals surface area contributed by atoms with Crippen molar-refractivity contribution in [3.8, 4) is 0 Å². The zero-order valence-corrected chi connectivity index (χ0v) is 19.1. The molecule has 1 heterocycles. The highest BCUT2D eigenvalue weighted by Gasteiger charge is 2.56. The first kappa shape index (κ1) is 24.3. The lowest BCUT2D eigenvalue weighted by Crippen LogP contribution is -2.69. The second kappa shape index (κ2) is 9.21. The van der Waals surface area contributed by atoms with E-state index in [0.717, 1.165) is 25.8 Å². The van der Waals surface area contributed by atoms with Crippen LogP contribution in [0, 0.1) is 5.41 Å². The average Bonchev–Trinajstić information content (AvgIpc) is 2.58. The number of nitrogens with zero attached hydrogens (tertiary/aromatic N) is 2. The number of hydroxylamine groups is 2. The van der Waals surface area contributed by atoms with Gasteiger partial charge >= 0.3 is 0 Å². The number of amides is 1. The summed E-state index contributed by atoms with van der Waals surface area (Å²) in [6.45, 7) is 15.8. The summed E-state index contributed by atoms with van der Waals surface area (Å²) in [5.41, 5.74) is -1.68. The monoisotopic (exact) mass is 385 g/mol. The Labute approximate surface area is 166 Å². The summed E-state index contributed by atoms with van der Waals surface area (Å²) >= 11 is 0. The van der Waals surface area contributed by atoms with E-state index in [2.05, 4.69) is 44.8 Å². The van der Waals surface area contributed by atoms with Crippen LogP contribution in [0.4, 0.5) is 0 Å². The lowest BCUT2D eigenvalue weighted by Gasteiger charge is -2.60. The van der Waals surface area contributed by atoms with Crippen LogP contribution in [0.1, 0.15) is 74.1 Å². The quantitative estimate of drug-likeness (QED) is 0.598. The molecule has 1 amide bonds. The molecule has 1 rings (SSSR count). The molecule has 6 heteroatoms. The van der Waals surface area contributed by atoms with Crippen LogP contribution in [0.25, 0.3) is 0 Å². The Morgan fingerprint density at radius 2 is 1.89 bits per heavy atom. The van der Waals surface area contributed by atoms with Gasteiger partial charge in [0.15, 0.2) is 5.60 Å². The van der Waals surface area contributed by atoms with Crippen LogP contribution in [0.15, 0.2) is 0 Å². The van der Waals surface area contributed by atoms with Gasteiger partial charge in [-0.15, -0.1) is 0 Å². The minimum Gasteiger partial charge on any atom is -0.392 e. The zero-order valence-electron chi connectivity index (χ0n) is 19.1. The molecule has 1 aliphatic heterocycles. The fraction of sp³-hybridized carbons (Fsp3) is 0.952. The van der Waals surface area contributed by atoms with E-state index in [1.807, 2.05) is 33.0 Å². The molecule has 0 aliphatic carbocycles. The van der Waals surface area contributed by atoms with Gasteiger partial charge in [0, 0.05) is 18.0 Å². The number of hydrogen-bond acceptors (Lipinski definition) is 5. The van der Waals surface area contributed by atoms with E-state index in [1.165, 1.54) is 0 Å². The van der Waals surface area contributed by atoms with Gasteiger partial charge in [-0.3, -0.25) is 9.63 Å². The van der Waals surface area contributed by atoms with Gasteiger partial charge in [-0.05, 0) is 67.1 Å². The smallest absolute Gasteiger partial charge is 0.253 e. The number of aliphatic hydroxyl groups is 1. The van der Waals surface area contributed by atoms with Gasteiger partial charge in [-0.2, -0.15) is 5.06 Å². The zero-order chi connectivity index (χ0) is 21.0. The summed E-state index contributed by atoms with van der Waals surface area (Å²) in [7, 11) is 4.05. The minimum atomic E-state index is -0.972. The average molecular weight is 386 g/mol. The molecule has 0 aromatic carbocycles. The predicted molar refractivity (Wildman–Crippen MR) is 110 cm³/mol. The minimum absolute atomic E-state index is 0.0822. The van der Waals surface area contributed by atoms with Crippen molar-refractivity contribution in [2.24, 2.45) is 5.41 Å². The first-order valence-corrected chi connectivity index (χ1v) is 10.4. The Bertz CT molecular complexity index is 493. The second-order valence-corrected chi connectivity index (χ2v) is 9.50. The predicted octanol–water partition coefficient (Wildman–Crippen LogP) is 2.80. The van der Waals surface area contributed by atoms with Crippen molar-refractivity contribution in [2.75, 3.05) is 27.2 Å². The van der Waals surface area contributed by atoms with E-state index < -0.39 is 11.7 Å². The lowest BCUT2D eigenvalue weighted by atomic mass is 9.63. The summed E-state index contributed by atoms with van der Waals surface area (Å²) in [4.78, 5) is 21.3. The molecule has 0 saturated carbocycles. The van der Waals surface area contributed by atoms with Gasteiger partial charge < -0.3 is 15.3 Å². The van der Waals surface area contributed by atoms with Crippen molar-refractivity contribution in [3.05, 3.63) is 0 Å². The number of piperidine rings is 1. The molecule has 0 aromatic rings. The molecule has 1 fully saturated rings. The van der Waals surface area contributed by atoms with Crippen LogP contribution in [-0.4, -0.2) is 71.4 Å². The number of rotatable bonds is 9. The molecular weight excluding hydrogens is 342 g/mol. The third kappa shape index (κ3) is 5.22. The fourth-order valence-electron chi connectivity index (χ4n) is 3.91. The normalized spacial score (nSPS) is 29.1. The molecule has 2 N–H and O–H groups in total. The fourth-order valence-corrected chi connectivity index (χ4v) is 3.91. The number of nitrogens with one attached hydrogen (secondary N) is 1. The summed E-state index contributed by atoms with van der Waals surface area (Å²) in [6, 6.07) is 0.0822. The third-order valence-electron chi connectivity index (χ3n) is 6.64.